The minimum atomic E-state index is -0.884. The molecule has 0 aliphatic rings. The van der Waals surface area contributed by atoms with E-state index in [4.69, 9.17) is 15.3 Å². The first kappa shape index (κ1) is 13.9. The normalized spacial score (nSPS) is 11.4. The van der Waals surface area contributed by atoms with E-state index in [2.05, 4.69) is 0 Å². The maximum Gasteiger partial charge on any atom is 0.305 e. The SMILES string of the molecule is CCOC(CC=N)CC(=O)O.Cl. The highest BCUT2D eigenvalue weighted by Gasteiger charge is 2.10. The van der Waals surface area contributed by atoms with Crippen LogP contribution in [0.2, 0.25) is 0 Å². The third-order valence-electron chi connectivity index (χ3n) is 1.19. The van der Waals surface area contributed by atoms with Gasteiger partial charge in [-0.1, -0.05) is 0 Å². The van der Waals surface area contributed by atoms with Crippen molar-refractivity contribution >= 4 is 24.6 Å². The fourth-order valence-electron chi connectivity index (χ4n) is 0.772. The van der Waals surface area contributed by atoms with Crippen LogP contribution in [-0.4, -0.2) is 30.0 Å². The molecular weight excluding hydrogens is 182 g/mol. The van der Waals surface area contributed by atoms with E-state index in [1.54, 1.807) is 6.92 Å². The minimum absolute atomic E-state index is 0. The molecule has 0 rings (SSSR count). The van der Waals surface area contributed by atoms with Crippen LogP contribution in [0.1, 0.15) is 19.8 Å². The summed E-state index contributed by atoms with van der Waals surface area (Å²) < 4.78 is 5.06. The zero-order chi connectivity index (χ0) is 8.69. The van der Waals surface area contributed by atoms with Gasteiger partial charge in [-0.2, -0.15) is 0 Å². The van der Waals surface area contributed by atoms with Gasteiger partial charge < -0.3 is 15.3 Å². The van der Waals surface area contributed by atoms with E-state index in [0.717, 1.165) is 0 Å². The predicted molar refractivity (Wildman–Crippen MR) is 48.3 cm³/mol. The first-order valence-electron chi connectivity index (χ1n) is 3.53. The van der Waals surface area contributed by atoms with Crippen LogP contribution < -0.4 is 0 Å². The maximum atomic E-state index is 10.2. The lowest BCUT2D eigenvalue weighted by atomic mass is 10.2. The Hall–Kier alpha value is -0.610. The highest BCUT2D eigenvalue weighted by molar-refractivity contribution is 5.85. The Morgan fingerprint density at radius 2 is 2.33 bits per heavy atom. The molecule has 0 aromatic heterocycles. The summed E-state index contributed by atoms with van der Waals surface area (Å²) in [6.07, 6.45) is 1.18. The number of carboxylic acids is 1. The molecule has 0 aromatic carbocycles. The number of carbonyl (C=O) groups is 1. The van der Waals surface area contributed by atoms with E-state index in [1.807, 2.05) is 0 Å². The lowest BCUT2D eigenvalue weighted by Gasteiger charge is -2.11. The quantitative estimate of drug-likeness (QED) is 0.629. The van der Waals surface area contributed by atoms with E-state index >= 15 is 0 Å². The number of hydrogen-bond acceptors (Lipinski definition) is 3. The molecule has 0 radical (unpaired) electrons. The molecule has 72 valence electrons. The molecule has 5 heteroatoms. The molecule has 0 fully saturated rings. The van der Waals surface area contributed by atoms with Crippen molar-refractivity contribution in [2.45, 2.75) is 25.9 Å². The molecule has 0 aromatic rings. The van der Waals surface area contributed by atoms with Gasteiger partial charge in [0, 0.05) is 13.0 Å². The van der Waals surface area contributed by atoms with E-state index in [1.165, 1.54) is 6.21 Å². The van der Waals surface area contributed by atoms with Crippen LogP contribution in [0.5, 0.6) is 0 Å². The molecule has 12 heavy (non-hydrogen) atoms. The molecule has 0 spiro atoms. The summed E-state index contributed by atoms with van der Waals surface area (Å²) in [7, 11) is 0. The van der Waals surface area contributed by atoms with Crippen molar-refractivity contribution in [2.24, 2.45) is 0 Å². The molecule has 1 unspecified atom stereocenters. The highest BCUT2D eigenvalue weighted by atomic mass is 35.5. The van der Waals surface area contributed by atoms with Crippen LogP contribution in [-0.2, 0) is 9.53 Å². The van der Waals surface area contributed by atoms with Crippen molar-refractivity contribution in [3.05, 3.63) is 0 Å². The van der Waals surface area contributed by atoms with Crippen molar-refractivity contribution in [3.8, 4) is 0 Å². The zero-order valence-electron chi connectivity index (χ0n) is 6.95. The van der Waals surface area contributed by atoms with Gasteiger partial charge in [0.05, 0.1) is 12.5 Å². The molecule has 0 bridgehead atoms. The zero-order valence-corrected chi connectivity index (χ0v) is 7.76. The van der Waals surface area contributed by atoms with Gasteiger partial charge in [0.25, 0.3) is 0 Å². The molecular formula is C7H14ClNO3. The number of ether oxygens (including phenoxy) is 1. The second-order valence-corrected chi connectivity index (χ2v) is 2.12. The van der Waals surface area contributed by atoms with Gasteiger partial charge >= 0.3 is 5.97 Å². The monoisotopic (exact) mass is 195 g/mol. The molecule has 0 aliphatic carbocycles. The second kappa shape index (κ2) is 8.49. The van der Waals surface area contributed by atoms with Crippen LogP contribution in [0.3, 0.4) is 0 Å². The Kier molecular flexibility index (Phi) is 9.86. The average Bonchev–Trinajstić information content (AvgIpc) is 1.87. The van der Waals surface area contributed by atoms with E-state index in [9.17, 15) is 4.79 Å². The number of rotatable bonds is 6. The summed E-state index contributed by atoms with van der Waals surface area (Å²) in [5.41, 5.74) is 0. The lowest BCUT2D eigenvalue weighted by Crippen LogP contribution is -2.17. The Morgan fingerprint density at radius 3 is 2.67 bits per heavy atom. The topological polar surface area (TPSA) is 70.4 Å². The van der Waals surface area contributed by atoms with Crippen molar-refractivity contribution in [3.63, 3.8) is 0 Å². The summed E-state index contributed by atoms with van der Waals surface area (Å²) >= 11 is 0. The Bertz CT molecular complexity index is 141. The van der Waals surface area contributed by atoms with E-state index in [-0.39, 0.29) is 24.9 Å². The summed E-state index contributed by atoms with van der Waals surface area (Å²) in [6, 6.07) is 0. The number of hydrogen-bond donors (Lipinski definition) is 2. The maximum absolute atomic E-state index is 10.2. The van der Waals surface area contributed by atoms with Gasteiger partial charge in [-0.15, -0.1) is 12.4 Å². The summed E-state index contributed by atoms with van der Waals surface area (Å²) in [5.74, 6) is -0.884. The predicted octanol–water partition coefficient (Wildman–Crippen LogP) is 1.33. The average molecular weight is 196 g/mol. The molecule has 1 atom stereocenters. The van der Waals surface area contributed by atoms with Gasteiger partial charge in [-0.05, 0) is 13.1 Å². The van der Waals surface area contributed by atoms with Gasteiger partial charge in [0.1, 0.15) is 0 Å². The first-order chi connectivity index (χ1) is 5.20. The lowest BCUT2D eigenvalue weighted by molar-refractivity contribution is -0.139. The van der Waals surface area contributed by atoms with Crippen LogP contribution in [0.25, 0.3) is 0 Å². The molecule has 2 N–H and O–H groups in total. The summed E-state index contributed by atoms with van der Waals surface area (Å²) in [4.78, 5) is 10.2. The van der Waals surface area contributed by atoms with Crippen molar-refractivity contribution in [1.82, 2.24) is 0 Å². The fourth-order valence-corrected chi connectivity index (χ4v) is 0.772. The van der Waals surface area contributed by atoms with Crippen LogP contribution in [0, 0.1) is 5.41 Å². The number of carboxylic acid groups (broad SMARTS) is 1. The number of halogens is 1. The first-order valence-corrected chi connectivity index (χ1v) is 3.53. The van der Waals surface area contributed by atoms with Crippen LogP contribution in [0.4, 0.5) is 0 Å². The van der Waals surface area contributed by atoms with Gasteiger partial charge in [-0.3, -0.25) is 4.79 Å². The standard InChI is InChI=1S/C7H13NO3.ClH/c1-2-11-6(3-4-8)5-7(9)10;/h4,6,8H,2-3,5H2,1H3,(H,9,10);1H. The van der Waals surface area contributed by atoms with Crippen molar-refractivity contribution in [1.29, 1.82) is 5.41 Å². The molecule has 0 aliphatic heterocycles. The third-order valence-corrected chi connectivity index (χ3v) is 1.19. The largest absolute Gasteiger partial charge is 0.481 e. The smallest absolute Gasteiger partial charge is 0.305 e. The molecule has 0 saturated heterocycles. The van der Waals surface area contributed by atoms with Crippen LogP contribution >= 0.6 is 12.4 Å². The second-order valence-electron chi connectivity index (χ2n) is 2.12. The Balaban J connectivity index is 0. The number of nitrogens with one attached hydrogen (secondary N) is 1. The summed E-state index contributed by atoms with van der Waals surface area (Å²) in [6.45, 7) is 2.30. The Labute approximate surface area is 77.8 Å². The van der Waals surface area contributed by atoms with Crippen LogP contribution in [0.15, 0.2) is 0 Å². The van der Waals surface area contributed by atoms with Crippen molar-refractivity contribution < 1.29 is 14.6 Å². The van der Waals surface area contributed by atoms with Gasteiger partial charge in [0.15, 0.2) is 0 Å². The molecule has 0 saturated carbocycles. The minimum Gasteiger partial charge on any atom is -0.481 e. The fraction of sp³-hybridized carbons (Fsp3) is 0.714. The number of aliphatic carboxylic acids is 1. The molecule has 4 nitrogen and oxygen atoms in total. The molecule has 0 heterocycles. The van der Waals surface area contributed by atoms with Gasteiger partial charge in [-0.25, -0.2) is 0 Å². The van der Waals surface area contributed by atoms with E-state index in [0.29, 0.717) is 13.0 Å². The highest BCUT2D eigenvalue weighted by Crippen LogP contribution is 2.01. The Morgan fingerprint density at radius 1 is 1.75 bits per heavy atom. The summed E-state index contributed by atoms with van der Waals surface area (Å²) in [5, 5.41) is 15.1. The third kappa shape index (κ3) is 7.50. The van der Waals surface area contributed by atoms with E-state index < -0.39 is 5.97 Å². The van der Waals surface area contributed by atoms with Crippen molar-refractivity contribution in [2.75, 3.05) is 6.61 Å². The van der Waals surface area contributed by atoms with Gasteiger partial charge in [0.2, 0.25) is 0 Å². The molecule has 0 amide bonds.